The molecule has 0 aliphatic carbocycles. The molecule has 1 heterocycles. The van der Waals surface area contributed by atoms with Crippen LogP contribution in [0.3, 0.4) is 0 Å². The molecule has 0 N–H and O–H groups in total. The molecule has 0 bridgehead atoms. The summed E-state index contributed by atoms with van der Waals surface area (Å²) in [5.74, 6) is 0. The van der Waals surface area contributed by atoms with E-state index in [2.05, 4.69) is 22.8 Å². The molecule has 1 radical (unpaired) electrons. The fourth-order valence-electron chi connectivity index (χ4n) is 1.27. The Morgan fingerprint density at radius 1 is 1.18 bits per heavy atom. The summed E-state index contributed by atoms with van der Waals surface area (Å²) in [5.41, 5.74) is 0. The Balaban J connectivity index is 2.20. The molecule has 0 aromatic rings. The average molecular weight is 152 g/mol. The van der Waals surface area contributed by atoms with Crippen LogP contribution in [0.4, 0.5) is 0 Å². The van der Waals surface area contributed by atoms with Gasteiger partial charge in [0, 0.05) is 26.2 Å². The second-order valence-electron chi connectivity index (χ2n) is 2.78. The summed E-state index contributed by atoms with van der Waals surface area (Å²) in [6.45, 7) is 9.44. The fraction of sp³-hybridized carbons (Fsp3) is 0.750. The van der Waals surface area contributed by atoms with Crippen LogP contribution in [0.25, 0.3) is 0 Å². The van der Waals surface area contributed by atoms with Crippen molar-refractivity contribution < 1.29 is 0 Å². The second kappa shape index (κ2) is 4.32. The van der Waals surface area contributed by atoms with Gasteiger partial charge in [-0.2, -0.15) is 5.26 Å². The van der Waals surface area contributed by atoms with Crippen LogP contribution in [0.2, 0.25) is 0 Å². The topological polar surface area (TPSA) is 30.3 Å². The third-order valence-corrected chi connectivity index (χ3v) is 2.08. The molecule has 3 heteroatoms. The first-order chi connectivity index (χ1) is 5.36. The Labute approximate surface area is 68.2 Å². The molecular formula is C8H14N3. The summed E-state index contributed by atoms with van der Waals surface area (Å²) >= 11 is 0. The third-order valence-electron chi connectivity index (χ3n) is 2.08. The molecule has 0 atom stereocenters. The highest BCUT2D eigenvalue weighted by molar-refractivity contribution is 4.80. The molecule has 61 valence electrons. The lowest BCUT2D eigenvalue weighted by molar-refractivity contribution is 0.154. The number of nitrogens with zero attached hydrogens (tertiary/aromatic N) is 3. The summed E-state index contributed by atoms with van der Waals surface area (Å²) in [6, 6.07) is 2.16. The molecule has 0 saturated carbocycles. The predicted molar refractivity (Wildman–Crippen MR) is 43.9 cm³/mol. The summed E-state index contributed by atoms with van der Waals surface area (Å²) in [5, 5.41) is 8.42. The van der Waals surface area contributed by atoms with Crippen molar-refractivity contribution in [1.29, 1.82) is 5.26 Å². The molecule has 3 nitrogen and oxygen atoms in total. The van der Waals surface area contributed by atoms with Gasteiger partial charge in [0.2, 0.25) is 0 Å². The largest absolute Gasteiger partial charge is 0.301 e. The van der Waals surface area contributed by atoms with Crippen molar-refractivity contribution in [3.8, 4) is 6.07 Å². The third kappa shape index (κ3) is 2.49. The van der Waals surface area contributed by atoms with Gasteiger partial charge in [0.25, 0.3) is 0 Å². The minimum atomic E-state index is 0.574. The molecule has 1 aliphatic heterocycles. The van der Waals surface area contributed by atoms with Gasteiger partial charge in [0.1, 0.15) is 0 Å². The van der Waals surface area contributed by atoms with Crippen LogP contribution in [0, 0.1) is 18.3 Å². The first-order valence-corrected chi connectivity index (χ1v) is 3.97. The number of piperazine rings is 1. The molecule has 1 aliphatic rings. The van der Waals surface area contributed by atoms with Crippen LogP contribution in [-0.2, 0) is 0 Å². The zero-order chi connectivity index (χ0) is 8.10. The number of hydrogen-bond acceptors (Lipinski definition) is 3. The average Bonchev–Trinajstić information content (AvgIpc) is 2.07. The molecule has 0 aromatic heterocycles. The molecule has 1 fully saturated rings. The summed E-state index contributed by atoms with van der Waals surface area (Å²) in [4.78, 5) is 4.47. The van der Waals surface area contributed by atoms with Crippen molar-refractivity contribution in [2.45, 2.75) is 0 Å². The Morgan fingerprint density at radius 2 is 1.73 bits per heavy atom. The van der Waals surface area contributed by atoms with E-state index in [0.29, 0.717) is 6.54 Å². The zero-order valence-corrected chi connectivity index (χ0v) is 6.79. The standard InChI is InChI=1S/C8H14N3/c1-2-10-5-7-11(4-3-9)8-6-10/h1-2,4-8H2. The van der Waals surface area contributed by atoms with Crippen molar-refractivity contribution >= 4 is 0 Å². The van der Waals surface area contributed by atoms with Crippen LogP contribution >= 0.6 is 0 Å². The first-order valence-electron chi connectivity index (χ1n) is 3.97. The van der Waals surface area contributed by atoms with Gasteiger partial charge >= 0.3 is 0 Å². The summed E-state index contributed by atoms with van der Waals surface area (Å²) in [6.07, 6.45) is 0. The van der Waals surface area contributed by atoms with Crippen LogP contribution in [-0.4, -0.2) is 49.1 Å². The van der Waals surface area contributed by atoms with E-state index in [9.17, 15) is 0 Å². The van der Waals surface area contributed by atoms with Crippen LogP contribution in [0.1, 0.15) is 0 Å². The van der Waals surface area contributed by atoms with Crippen molar-refractivity contribution in [3.05, 3.63) is 6.92 Å². The number of rotatable bonds is 2. The highest BCUT2D eigenvalue weighted by Gasteiger charge is 2.13. The van der Waals surface area contributed by atoms with E-state index in [0.717, 1.165) is 32.7 Å². The lowest BCUT2D eigenvalue weighted by atomic mass is 10.3. The SMILES string of the molecule is [CH2]CN1CCN(CC#N)CC1. The smallest absolute Gasteiger partial charge is 0.0866 e. The summed E-state index contributed by atoms with van der Waals surface area (Å²) < 4.78 is 0. The van der Waals surface area contributed by atoms with Gasteiger partial charge in [0.05, 0.1) is 12.6 Å². The Kier molecular flexibility index (Phi) is 3.34. The normalized spacial score (nSPS) is 21.5. The maximum absolute atomic E-state index is 8.42. The van der Waals surface area contributed by atoms with Gasteiger partial charge in [-0.05, 0) is 13.5 Å². The minimum absolute atomic E-state index is 0.574. The summed E-state index contributed by atoms with van der Waals surface area (Å²) in [7, 11) is 0. The van der Waals surface area contributed by atoms with Gasteiger partial charge in [-0.3, -0.25) is 4.90 Å². The lowest BCUT2D eigenvalue weighted by Gasteiger charge is -2.32. The van der Waals surface area contributed by atoms with Crippen molar-refractivity contribution in [1.82, 2.24) is 9.80 Å². The Hall–Kier alpha value is -0.590. The van der Waals surface area contributed by atoms with E-state index < -0.39 is 0 Å². The maximum Gasteiger partial charge on any atom is 0.0866 e. The quantitative estimate of drug-likeness (QED) is 0.520. The minimum Gasteiger partial charge on any atom is -0.301 e. The first kappa shape index (κ1) is 8.51. The molecule has 0 amide bonds. The van der Waals surface area contributed by atoms with Gasteiger partial charge < -0.3 is 4.90 Å². The van der Waals surface area contributed by atoms with Gasteiger partial charge in [0.15, 0.2) is 0 Å². The molecule has 1 saturated heterocycles. The van der Waals surface area contributed by atoms with E-state index in [1.807, 2.05) is 0 Å². The van der Waals surface area contributed by atoms with E-state index >= 15 is 0 Å². The number of hydrogen-bond donors (Lipinski definition) is 0. The van der Waals surface area contributed by atoms with Crippen LogP contribution < -0.4 is 0 Å². The van der Waals surface area contributed by atoms with Crippen molar-refractivity contribution in [3.63, 3.8) is 0 Å². The van der Waals surface area contributed by atoms with Gasteiger partial charge in [-0.1, -0.05) is 0 Å². The zero-order valence-electron chi connectivity index (χ0n) is 6.79. The van der Waals surface area contributed by atoms with Crippen LogP contribution in [0.5, 0.6) is 0 Å². The Morgan fingerprint density at radius 3 is 2.18 bits per heavy atom. The predicted octanol–water partition coefficient (Wildman–Crippen LogP) is -0.0383. The molecule has 0 spiro atoms. The van der Waals surface area contributed by atoms with E-state index in [1.165, 1.54) is 0 Å². The van der Waals surface area contributed by atoms with Crippen molar-refractivity contribution in [2.24, 2.45) is 0 Å². The monoisotopic (exact) mass is 152 g/mol. The molecule has 1 rings (SSSR count). The highest BCUT2D eigenvalue weighted by atomic mass is 15.2. The Bertz CT molecular complexity index is 142. The maximum atomic E-state index is 8.42. The van der Waals surface area contributed by atoms with Gasteiger partial charge in [-0.25, -0.2) is 0 Å². The van der Waals surface area contributed by atoms with Crippen LogP contribution in [0.15, 0.2) is 0 Å². The highest BCUT2D eigenvalue weighted by Crippen LogP contribution is 1.99. The number of nitriles is 1. The molecule has 11 heavy (non-hydrogen) atoms. The van der Waals surface area contributed by atoms with E-state index in [1.54, 1.807) is 0 Å². The molecular weight excluding hydrogens is 138 g/mol. The molecule has 0 unspecified atom stereocenters. The van der Waals surface area contributed by atoms with Crippen molar-refractivity contribution in [2.75, 3.05) is 39.3 Å². The van der Waals surface area contributed by atoms with E-state index in [4.69, 9.17) is 5.26 Å². The van der Waals surface area contributed by atoms with Gasteiger partial charge in [-0.15, -0.1) is 0 Å². The molecule has 0 aromatic carbocycles. The fourth-order valence-corrected chi connectivity index (χ4v) is 1.27. The van der Waals surface area contributed by atoms with E-state index in [-0.39, 0.29) is 0 Å². The second-order valence-corrected chi connectivity index (χ2v) is 2.78. The lowest BCUT2D eigenvalue weighted by Crippen LogP contribution is -2.46.